The van der Waals surface area contributed by atoms with Crippen molar-refractivity contribution < 1.29 is 14.1 Å². The summed E-state index contributed by atoms with van der Waals surface area (Å²) in [4.78, 5) is 14.1. The van der Waals surface area contributed by atoms with Crippen molar-refractivity contribution >= 4 is 17.5 Å². The average molecular weight is 273 g/mol. The van der Waals surface area contributed by atoms with Crippen LogP contribution in [0, 0.1) is 0 Å². The van der Waals surface area contributed by atoms with Crippen molar-refractivity contribution in [2.45, 2.75) is 31.9 Å². The number of likely N-dealkylation sites (tertiary alicyclic amines) is 1. The molecule has 0 saturated carbocycles. The van der Waals surface area contributed by atoms with Crippen LogP contribution in [0.3, 0.4) is 0 Å². The lowest BCUT2D eigenvalue weighted by Crippen LogP contribution is -2.35. The number of carbonyl (C=O) groups is 1. The van der Waals surface area contributed by atoms with Gasteiger partial charge in [-0.2, -0.15) is 0 Å². The normalized spacial score (nSPS) is 19.4. The van der Waals surface area contributed by atoms with Gasteiger partial charge in [0.05, 0.1) is 0 Å². The average Bonchev–Trinajstić information content (AvgIpc) is 2.98. The number of hydrogen-bond donors (Lipinski definition) is 0. The molecule has 100 valence electrons. The number of methoxy groups -OCH3 is 1. The summed E-state index contributed by atoms with van der Waals surface area (Å²) in [6.07, 6.45) is 2.87. The Morgan fingerprint density at radius 2 is 2.56 bits per heavy atom. The fourth-order valence-corrected chi connectivity index (χ4v) is 2.55. The maximum Gasteiger partial charge on any atom is 0.276 e. The minimum atomic E-state index is -0.0753. The first-order chi connectivity index (χ1) is 8.76. The van der Waals surface area contributed by atoms with E-state index in [-0.39, 0.29) is 11.9 Å². The Kier molecular flexibility index (Phi) is 4.60. The van der Waals surface area contributed by atoms with E-state index >= 15 is 0 Å². The summed E-state index contributed by atoms with van der Waals surface area (Å²) in [5.74, 6) is 1.06. The number of nitrogens with zero attached hydrogens (tertiary/aromatic N) is 2. The molecule has 1 aromatic rings. The van der Waals surface area contributed by atoms with Gasteiger partial charge in [-0.05, 0) is 19.3 Å². The number of halogens is 1. The number of hydrogen-bond acceptors (Lipinski definition) is 4. The van der Waals surface area contributed by atoms with E-state index in [1.54, 1.807) is 13.2 Å². The highest BCUT2D eigenvalue weighted by molar-refractivity contribution is 6.17. The first-order valence-corrected chi connectivity index (χ1v) is 6.61. The predicted octanol–water partition coefficient (Wildman–Crippen LogP) is 2.05. The van der Waals surface area contributed by atoms with Crippen molar-refractivity contribution in [1.82, 2.24) is 10.1 Å². The van der Waals surface area contributed by atoms with Gasteiger partial charge in [0.15, 0.2) is 11.5 Å². The molecule has 2 rings (SSSR count). The Hall–Kier alpha value is -1.07. The zero-order valence-corrected chi connectivity index (χ0v) is 11.2. The second-order valence-corrected chi connectivity index (χ2v) is 4.76. The Morgan fingerprint density at radius 1 is 1.72 bits per heavy atom. The second kappa shape index (κ2) is 6.20. The van der Waals surface area contributed by atoms with Gasteiger partial charge < -0.3 is 14.2 Å². The van der Waals surface area contributed by atoms with Gasteiger partial charge in [-0.3, -0.25) is 4.79 Å². The van der Waals surface area contributed by atoms with E-state index < -0.39 is 0 Å². The quantitative estimate of drug-likeness (QED) is 0.770. The standard InChI is InChI=1S/C12H17ClN2O3/c1-17-8-10-7-11(14-18-10)12(16)15-6-2-3-9(15)4-5-13/h7,9H,2-6,8H2,1H3. The molecule has 18 heavy (non-hydrogen) atoms. The maximum absolute atomic E-state index is 12.3. The molecule has 0 aromatic carbocycles. The zero-order chi connectivity index (χ0) is 13.0. The van der Waals surface area contributed by atoms with Crippen LogP contribution in [0.25, 0.3) is 0 Å². The molecule has 0 spiro atoms. The summed E-state index contributed by atoms with van der Waals surface area (Å²) in [6, 6.07) is 1.87. The molecule has 1 aromatic heterocycles. The molecule has 2 heterocycles. The van der Waals surface area contributed by atoms with Gasteiger partial charge in [0.2, 0.25) is 0 Å². The SMILES string of the molecule is COCc1cc(C(=O)N2CCCC2CCCl)no1. The molecule has 5 nitrogen and oxygen atoms in total. The molecule has 1 aliphatic rings. The van der Waals surface area contributed by atoms with E-state index in [2.05, 4.69) is 5.16 Å². The topological polar surface area (TPSA) is 55.6 Å². The minimum Gasteiger partial charge on any atom is -0.377 e. The van der Waals surface area contributed by atoms with Crippen LogP contribution in [-0.2, 0) is 11.3 Å². The molecule has 1 fully saturated rings. The first kappa shape index (κ1) is 13.4. The fourth-order valence-electron chi connectivity index (χ4n) is 2.30. The Labute approximate surface area is 111 Å². The van der Waals surface area contributed by atoms with Crippen LogP contribution >= 0.6 is 11.6 Å². The fraction of sp³-hybridized carbons (Fsp3) is 0.667. The van der Waals surface area contributed by atoms with Crippen LogP contribution in [0.4, 0.5) is 0 Å². The molecule has 0 aliphatic carbocycles. The molecule has 1 saturated heterocycles. The summed E-state index contributed by atoms with van der Waals surface area (Å²) in [5, 5.41) is 3.79. The lowest BCUT2D eigenvalue weighted by molar-refractivity contribution is 0.0723. The third-order valence-electron chi connectivity index (χ3n) is 3.14. The number of alkyl halides is 1. The molecule has 1 atom stereocenters. The van der Waals surface area contributed by atoms with Crippen LogP contribution < -0.4 is 0 Å². The van der Waals surface area contributed by atoms with Crippen LogP contribution in [-0.4, -0.2) is 41.5 Å². The smallest absolute Gasteiger partial charge is 0.276 e. The Morgan fingerprint density at radius 3 is 3.28 bits per heavy atom. The number of ether oxygens (including phenoxy) is 1. The van der Waals surface area contributed by atoms with Crippen molar-refractivity contribution in [1.29, 1.82) is 0 Å². The molecule has 0 radical (unpaired) electrons. The summed E-state index contributed by atoms with van der Waals surface area (Å²) in [6.45, 7) is 1.10. The molecule has 1 aliphatic heterocycles. The Bertz CT molecular complexity index is 408. The highest BCUT2D eigenvalue weighted by Gasteiger charge is 2.30. The third-order valence-corrected chi connectivity index (χ3v) is 3.36. The molecule has 0 N–H and O–H groups in total. The van der Waals surface area contributed by atoms with E-state index in [0.29, 0.717) is 23.9 Å². The summed E-state index contributed by atoms with van der Waals surface area (Å²) in [5.41, 5.74) is 0.350. The third kappa shape index (κ3) is 2.84. The van der Waals surface area contributed by atoms with E-state index in [1.165, 1.54) is 0 Å². The molecular weight excluding hydrogens is 256 g/mol. The van der Waals surface area contributed by atoms with E-state index in [4.69, 9.17) is 20.9 Å². The minimum absolute atomic E-state index is 0.0753. The van der Waals surface area contributed by atoms with Gasteiger partial charge in [-0.15, -0.1) is 11.6 Å². The number of amides is 1. The van der Waals surface area contributed by atoms with Crippen LogP contribution in [0.5, 0.6) is 0 Å². The van der Waals surface area contributed by atoms with Gasteiger partial charge in [-0.1, -0.05) is 5.16 Å². The summed E-state index contributed by atoms with van der Waals surface area (Å²) < 4.78 is 9.96. The highest BCUT2D eigenvalue weighted by Crippen LogP contribution is 2.22. The van der Waals surface area contributed by atoms with Crippen molar-refractivity contribution in [3.05, 3.63) is 17.5 Å². The van der Waals surface area contributed by atoms with Crippen molar-refractivity contribution in [3.8, 4) is 0 Å². The van der Waals surface area contributed by atoms with Crippen LogP contribution in [0.1, 0.15) is 35.5 Å². The van der Waals surface area contributed by atoms with Crippen LogP contribution in [0.15, 0.2) is 10.6 Å². The van der Waals surface area contributed by atoms with E-state index in [9.17, 15) is 4.79 Å². The molecule has 1 unspecified atom stereocenters. The van der Waals surface area contributed by atoms with Crippen molar-refractivity contribution in [2.24, 2.45) is 0 Å². The van der Waals surface area contributed by atoms with Gasteiger partial charge in [0.1, 0.15) is 6.61 Å². The predicted molar refractivity (Wildman–Crippen MR) is 66.6 cm³/mol. The maximum atomic E-state index is 12.3. The number of carbonyl (C=O) groups excluding carboxylic acids is 1. The molecule has 0 bridgehead atoms. The van der Waals surface area contributed by atoms with E-state index in [1.807, 2.05) is 4.90 Å². The first-order valence-electron chi connectivity index (χ1n) is 6.07. The van der Waals surface area contributed by atoms with Gasteiger partial charge >= 0.3 is 0 Å². The molecular formula is C12H17ClN2O3. The zero-order valence-electron chi connectivity index (χ0n) is 10.4. The van der Waals surface area contributed by atoms with Gasteiger partial charge in [0, 0.05) is 31.6 Å². The lowest BCUT2D eigenvalue weighted by Gasteiger charge is -2.22. The van der Waals surface area contributed by atoms with Crippen molar-refractivity contribution in [2.75, 3.05) is 19.5 Å². The van der Waals surface area contributed by atoms with Gasteiger partial charge in [-0.25, -0.2) is 0 Å². The van der Waals surface area contributed by atoms with Gasteiger partial charge in [0.25, 0.3) is 5.91 Å². The largest absolute Gasteiger partial charge is 0.377 e. The van der Waals surface area contributed by atoms with Crippen molar-refractivity contribution in [3.63, 3.8) is 0 Å². The van der Waals surface area contributed by atoms with E-state index in [0.717, 1.165) is 25.8 Å². The highest BCUT2D eigenvalue weighted by atomic mass is 35.5. The summed E-state index contributed by atoms with van der Waals surface area (Å²) in [7, 11) is 1.57. The Balaban J connectivity index is 2.05. The number of aromatic nitrogens is 1. The second-order valence-electron chi connectivity index (χ2n) is 4.38. The molecule has 6 heteroatoms. The monoisotopic (exact) mass is 272 g/mol. The lowest BCUT2D eigenvalue weighted by atomic mass is 10.1. The summed E-state index contributed by atoms with van der Waals surface area (Å²) >= 11 is 5.75. The number of rotatable bonds is 5. The molecule has 1 amide bonds. The van der Waals surface area contributed by atoms with Crippen LogP contribution in [0.2, 0.25) is 0 Å².